The molecule has 0 spiro atoms. The fraction of sp³-hybridized carbons (Fsp3) is 0.417. The van der Waals surface area contributed by atoms with Gasteiger partial charge in [-0.2, -0.15) is 0 Å². The van der Waals surface area contributed by atoms with Gasteiger partial charge in [0, 0.05) is 6.04 Å². The van der Waals surface area contributed by atoms with Gasteiger partial charge in [-0.3, -0.25) is 4.79 Å². The highest BCUT2D eigenvalue weighted by atomic mass is 16.5. The zero-order chi connectivity index (χ0) is 12.0. The minimum absolute atomic E-state index is 0.250. The van der Waals surface area contributed by atoms with E-state index in [4.69, 9.17) is 14.6 Å². The van der Waals surface area contributed by atoms with Crippen molar-refractivity contribution in [2.75, 3.05) is 13.7 Å². The molecule has 0 aromatic heterocycles. The van der Waals surface area contributed by atoms with E-state index in [9.17, 15) is 0 Å². The first-order valence-corrected chi connectivity index (χ1v) is 5.21. The summed E-state index contributed by atoms with van der Waals surface area (Å²) < 4.78 is 5.20. The molecule has 2 rings (SSSR count). The normalized spacial score (nSPS) is 17.8. The van der Waals surface area contributed by atoms with Crippen LogP contribution in [0.5, 0.6) is 5.75 Å². The van der Waals surface area contributed by atoms with Gasteiger partial charge in [-0.05, 0) is 43.1 Å². The molecule has 1 atom stereocenters. The molecule has 2 N–H and O–H groups in total. The number of methoxy groups -OCH3 is 1. The summed E-state index contributed by atoms with van der Waals surface area (Å²) in [6.45, 7) is 3.03. The Kier molecular flexibility index (Phi) is 4.79. The van der Waals surface area contributed by atoms with Gasteiger partial charge in [-0.15, -0.1) is 0 Å². The van der Waals surface area contributed by atoms with Crippen LogP contribution in [-0.2, 0) is 11.2 Å². The largest absolute Gasteiger partial charge is 0.497 e. The van der Waals surface area contributed by atoms with Gasteiger partial charge in [0.25, 0.3) is 6.47 Å². The van der Waals surface area contributed by atoms with E-state index in [0.29, 0.717) is 6.04 Å². The monoisotopic (exact) mass is 223 g/mol. The number of nitrogens with one attached hydrogen (secondary N) is 1. The second-order valence-electron chi connectivity index (χ2n) is 3.60. The summed E-state index contributed by atoms with van der Waals surface area (Å²) in [5, 5.41) is 10.3. The van der Waals surface area contributed by atoms with E-state index >= 15 is 0 Å². The predicted molar refractivity (Wildman–Crippen MR) is 61.8 cm³/mol. The molecule has 88 valence electrons. The average molecular weight is 223 g/mol. The maximum Gasteiger partial charge on any atom is 0.290 e. The summed E-state index contributed by atoms with van der Waals surface area (Å²) in [4.78, 5) is 8.36. The third-order valence-electron chi connectivity index (χ3n) is 2.66. The molecule has 1 unspecified atom stereocenters. The molecular weight excluding hydrogens is 206 g/mol. The Hall–Kier alpha value is -1.55. The van der Waals surface area contributed by atoms with E-state index in [1.807, 2.05) is 6.07 Å². The number of hydrogen-bond donors (Lipinski definition) is 2. The van der Waals surface area contributed by atoms with Crippen molar-refractivity contribution in [3.8, 4) is 5.75 Å². The Morgan fingerprint density at radius 3 is 2.88 bits per heavy atom. The Bertz CT molecular complexity index is 352. The number of ether oxygens (including phenoxy) is 1. The van der Waals surface area contributed by atoms with Gasteiger partial charge in [0.1, 0.15) is 5.75 Å². The van der Waals surface area contributed by atoms with Crippen molar-refractivity contribution in [3.05, 3.63) is 29.3 Å². The second-order valence-corrected chi connectivity index (χ2v) is 3.60. The van der Waals surface area contributed by atoms with E-state index < -0.39 is 0 Å². The van der Waals surface area contributed by atoms with Crippen LogP contribution in [0.1, 0.15) is 24.1 Å². The lowest BCUT2D eigenvalue weighted by Crippen LogP contribution is -2.27. The molecule has 1 aromatic carbocycles. The van der Waals surface area contributed by atoms with Crippen LogP contribution >= 0.6 is 0 Å². The highest BCUT2D eigenvalue weighted by molar-refractivity contribution is 5.38. The summed E-state index contributed by atoms with van der Waals surface area (Å²) in [7, 11) is 1.71. The zero-order valence-electron chi connectivity index (χ0n) is 9.56. The molecule has 0 radical (unpaired) electrons. The van der Waals surface area contributed by atoms with Gasteiger partial charge in [-0.25, -0.2) is 0 Å². The van der Waals surface area contributed by atoms with Crippen LogP contribution in [0.25, 0.3) is 0 Å². The lowest BCUT2D eigenvalue weighted by Gasteiger charge is -2.24. The lowest BCUT2D eigenvalue weighted by atomic mass is 9.95. The minimum atomic E-state index is -0.250. The maximum atomic E-state index is 8.36. The minimum Gasteiger partial charge on any atom is -0.497 e. The fourth-order valence-electron chi connectivity index (χ4n) is 1.86. The third kappa shape index (κ3) is 2.97. The number of fused-ring (bicyclic) bond motifs is 1. The van der Waals surface area contributed by atoms with Crippen molar-refractivity contribution >= 4 is 6.47 Å². The molecule has 1 heterocycles. The number of carbonyl (C=O) groups is 1. The van der Waals surface area contributed by atoms with E-state index in [-0.39, 0.29) is 6.47 Å². The molecule has 0 bridgehead atoms. The first-order valence-electron chi connectivity index (χ1n) is 5.21. The Balaban J connectivity index is 0.000000386. The summed E-state index contributed by atoms with van der Waals surface area (Å²) in [5.41, 5.74) is 2.83. The van der Waals surface area contributed by atoms with Crippen LogP contribution in [-0.4, -0.2) is 25.2 Å². The van der Waals surface area contributed by atoms with Gasteiger partial charge in [0.05, 0.1) is 7.11 Å². The van der Waals surface area contributed by atoms with Crippen molar-refractivity contribution in [2.45, 2.75) is 19.4 Å². The number of rotatable bonds is 1. The van der Waals surface area contributed by atoms with Crippen LogP contribution in [0.15, 0.2) is 18.2 Å². The molecule has 0 saturated carbocycles. The quantitative estimate of drug-likeness (QED) is 0.710. The van der Waals surface area contributed by atoms with Gasteiger partial charge in [-0.1, -0.05) is 6.07 Å². The zero-order valence-corrected chi connectivity index (χ0v) is 9.56. The summed E-state index contributed by atoms with van der Waals surface area (Å²) >= 11 is 0. The number of hydrogen-bond acceptors (Lipinski definition) is 3. The van der Waals surface area contributed by atoms with Gasteiger partial charge >= 0.3 is 0 Å². The van der Waals surface area contributed by atoms with Crippen molar-refractivity contribution in [2.24, 2.45) is 0 Å². The standard InChI is InChI=1S/C11H15NO.CH2O2/c1-8-11-7-10(13-2)4-3-9(11)5-6-12-8;2-1-3/h3-4,7-8,12H,5-6H2,1-2H3;1H,(H,2,3). The third-order valence-corrected chi connectivity index (χ3v) is 2.66. The van der Waals surface area contributed by atoms with Gasteiger partial charge < -0.3 is 15.2 Å². The van der Waals surface area contributed by atoms with Crippen LogP contribution in [0.2, 0.25) is 0 Å². The maximum absolute atomic E-state index is 8.36. The molecule has 1 aliphatic heterocycles. The van der Waals surface area contributed by atoms with E-state index in [0.717, 1.165) is 18.7 Å². The SMILES string of the molecule is COc1ccc2c(c1)C(C)NCC2.O=CO. The van der Waals surface area contributed by atoms with Crippen molar-refractivity contribution in [1.29, 1.82) is 0 Å². The predicted octanol–water partition coefficient (Wildman–Crippen LogP) is 1.60. The Labute approximate surface area is 95.2 Å². The van der Waals surface area contributed by atoms with Crippen molar-refractivity contribution in [1.82, 2.24) is 5.32 Å². The fourth-order valence-corrected chi connectivity index (χ4v) is 1.86. The molecule has 1 aromatic rings. The molecule has 0 amide bonds. The van der Waals surface area contributed by atoms with Crippen LogP contribution in [0.3, 0.4) is 0 Å². The average Bonchev–Trinajstić information content (AvgIpc) is 2.30. The molecular formula is C12H17NO3. The summed E-state index contributed by atoms with van der Waals surface area (Å²) in [6, 6.07) is 6.80. The highest BCUT2D eigenvalue weighted by Crippen LogP contribution is 2.26. The molecule has 0 saturated heterocycles. The van der Waals surface area contributed by atoms with Crippen molar-refractivity contribution in [3.63, 3.8) is 0 Å². The highest BCUT2D eigenvalue weighted by Gasteiger charge is 2.15. The van der Waals surface area contributed by atoms with Crippen molar-refractivity contribution < 1.29 is 14.6 Å². The van der Waals surface area contributed by atoms with E-state index in [1.54, 1.807) is 7.11 Å². The van der Waals surface area contributed by atoms with Crippen LogP contribution < -0.4 is 10.1 Å². The second kappa shape index (κ2) is 6.12. The molecule has 0 fully saturated rings. The molecule has 4 heteroatoms. The molecule has 1 aliphatic rings. The number of carboxylic acid groups (broad SMARTS) is 1. The van der Waals surface area contributed by atoms with Crippen LogP contribution in [0.4, 0.5) is 0 Å². The Morgan fingerprint density at radius 2 is 2.25 bits per heavy atom. The first kappa shape index (κ1) is 12.5. The van der Waals surface area contributed by atoms with Gasteiger partial charge in [0.15, 0.2) is 0 Å². The molecule has 16 heavy (non-hydrogen) atoms. The first-order chi connectivity index (χ1) is 7.72. The molecule has 0 aliphatic carbocycles. The van der Waals surface area contributed by atoms with Gasteiger partial charge in [0.2, 0.25) is 0 Å². The summed E-state index contributed by atoms with van der Waals surface area (Å²) in [6.07, 6.45) is 1.13. The Morgan fingerprint density at radius 1 is 1.56 bits per heavy atom. The number of benzene rings is 1. The lowest BCUT2D eigenvalue weighted by molar-refractivity contribution is -0.122. The smallest absolute Gasteiger partial charge is 0.290 e. The molecule has 4 nitrogen and oxygen atoms in total. The van der Waals surface area contributed by atoms with E-state index in [1.165, 1.54) is 11.1 Å². The van der Waals surface area contributed by atoms with Crippen LogP contribution in [0, 0.1) is 0 Å². The topological polar surface area (TPSA) is 58.6 Å². The van der Waals surface area contributed by atoms with E-state index in [2.05, 4.69) is 24.4 Å². The summed E-state index contributed by atoms with van der Waals surface area (Å²) in [5.74, 6) is 0.953.